The largest absolute Gasteiger partial charge is 0.497 e. The first-order valence-electron chi connectivity index (χ1n) is 9.70. The van der Waals surface area contributed by atoms with Crippen LogP contribution in [0.4, 0.5) is 0 Å². The second-order valence-corrected chi connectivity index (χ2v) is 6.91. The summed E-state index contributed by atoms with van der Waals surface area (Å²) in [6.07, 6.45) is 0.538. The molecule has 0 saturated carbocycles. The molecule has 6 heteroatoms. The Hall–Kier alpha value is -4.06. The standard InChI is InChI=1S/C25H21NO5/c1-29-18-12-17(13-19(14-18)30-2)25(28)31-24(16-8-4-3-5-9-16)23(27)21-15-26-22-11-7-6-10-20(21)22/h3-15,24,26H,1-2H3. The Balaban J connectivity index is 1.71. The van der Waals surface area contributed by atoms with E-state index in [9.17, 15) is 9.59 Å². The predicted octanol–water partition coefficient (Wildman–Crippen LogP) is 4.97. The first-order chi connectivity index (χ1) is 15.1. The van der Waals surface area contributed by atoms with Crippen molar-refractivity contribution in [2.75, 3.05) is 14.2 Å². The summed E-state index contributed by atoms with van der Waals surface area (Å²) in [4.78, 5) is 29.6. The van der Waals surface area contributed by atoms with Crippen LogP contribution in [0, 0.1) is 0 Å². The van der Waals surface area contributed by atoms with E-state index in [-0.39, 0.29) is 11.3 Å². The van der Waals surface area contributed by atoms with Gasteiger partial charge in [0, 0.05) is 34.3 Å². The highest BCUT2D eigenvalue weighted by molar-refractivity contribution is 6.11. The van der Waals surface area contributed by atoms with Crippen LogP contribution in [0.2, 0.25) is 0 Å². The number of ketones is 1. The molecular weight excluding hydrogens is 394 g/mol. The Kier molecular flexibility index (Phi) is 5.71. The number of hydrogen-bond donors (Lipinski definition) is 1. The van der Waals surface area contributed by atoms with Crippen molar-refractivity contribution >= 4 is 22.7 Å². The Morgan fingerprint density at radius 3 is 2.16 bits per heavy atom. The van der Waals surface area contributed by atoms with Crippen molar-refractivity contribution in [2.24, 2.45) is 0 Å². The number of aromatic amines is 1. The van der Waals surface area contributed by atoms with Crippen LogP contribution < -0.4 is 9.47 Å². The molecular formula is C25H21NO5. The number of fused-ring (bicyclic) bond motifs is 1. The topological polar surface area (TPSA) is 77.6 Å². The number of para-hydroxylation sites is 1. The lowest BCUT2D eigenvalue weighted by Gasteiger charge is -2.18. The molecule has 3 aromatic carbocycles. The summed E-state index contributed by atoms with van der Waals surface area (Å²) >= 11 is 0. The van der Waals surface area contributed by atoms with Crippen LogP contribution in [0.5, 0.6) is 11.5 Å². The van der Waals surface area contributed by atoms with E-state index in [0.717, 1.165) is 10.9 Å². The number of carbonyl (C=O) groups excluding carboxylic acids is 2. The number of esters is 1. The lowest BCUT2D eigenvalue weighted by molar-refractivity contribution is 0.0280. The average molecular weight is 415 g/mol. The average Bonchev–Trinajstić information content (AvgIpc) is 3.26. The zero-order chi connectivity index (χ0) is 21.8. The van der Waals surface area contributed by atoms with Gasteiger partial charge in [-0.1, -0.05) is 48.5 Å². The van der Waals surface area contributed by atoms with E-state index in [1.54, 1.807) is 48.7 Å². The highest BCUT2D eigenvalue weighted by Crippen LogP contribution is 2.29. The summed E-state index contributed by atoms with van der Waals surface area (Å²) in [6, 6.07) is 21.2. The number of H-pyrrole nitrogens is 1. The number of rotatable bonds is 7. The molecule has 0 aliphatic carbocycles. The van der Waals surface area contributed by atoms with E-state index in [2.05, 4.69) is 4.98 Å². The van der Waals surface area contributed by atoms with Gasteiger partial charge in [-0.15, -0.1) is 0 Å². The van der Waals surface area contributed by atoms with Gasteiger partial charge in [0.1, 0.15) is 11.5 Å². The molecule has 0 aliphatic heterocycles. The number of Topliss-reactive ketones (excluding diaryl/α,β-unsaturated/α-hetero) is 1. The lowest BCUT2D eigenvalue weighted by atomic mass is 9.99. The smallest absolute Gasteiger partial charge is 0.339 e. The minimum absolute atomic E-state index is 0.226. The normalized spacial score (nSPS) is 11.7. The maximum atomic E-state index is 13.5. The Morgan fingerprint density at radius 2 is 1.48 bits per heavy atom. The van der Waals surface area contributed by atoms with Crippen molar-refractivity contribution in [3.8, 4) is 11.5 Å². The monoisotopic (exact) mass is 415 g/mol. The number of ether oxygens (including phenoxy) is 3. The lowest BCUT2D eigenvalue weighted by Crippen LogP contribution is -2.20. The van der Waals surface area contributed by atoms with Crippen molar-refractivity contribution in [1.82, 2.24) is 4.98 Å². The number of methoxy groups -OCH3 is 2. The van der Waals surface area contributed by atoms with Gasteiger partial charge in [-0.05, 0) is 18.2 Å². The fraction of sp³-hybridized carbons (Fsp3) is 0.120. The molecule has 0 bridgehead atoms. The van der Waals surface area contributed by atoms with Crippen molar-refractivity contribution in [2.45, 2.75) is 6.10 Å². The number of carbonyl (C=O) groups is 2. The molecule has 1 heterocycles. The number of hydrogen-bond acceptors (Lipinski definition) is 5. The number of benzene rings is 3. The Bertz CT molecular complexity index is 1210. The fourth-order valence-corrected chi connectivity index (χ4v) is 3.42. The SMILES string of the molecule is COc1cc(OC)cc(C(=O)OC(C(=O)c2c[nH]c3ccccc23)c2ccccc2)c1. The molecule has 156 valence electrons. The quantitative estimate of drug-likeness (QED) is 0.341. The predicted molar refractivity (Wildman–Crippen MR) is 117 cm³/mol. The molecule has 4 rings (SSSR count). The van der Waals surface area contributed by atoms with E-state index < -0.39 is 12.1 Å². The maximum Gasteiger partial charge on any atom is 0.339 e. The van der Waals surface area contributed by atoms with Gasteiger partial charge in [0.25, 0.3) is 0 Å². The van der Waals surface area contributed by atoms with Gasteiger partial charge >= 0.3 is 5.97 Å². The van der Waals surface area contributed by atoms with Crippen LogP contribution in [0.25, 0.3) is 10.9 Å². The van der Waals surface area contributed by atoms with E-state index in [1.165, 1.54) is 14.2 Å². The van der Waals surface area contributed by atoms with E-state index in [4.69, 9.17) is 14.2 Å². The summed E-state index contributed by atoms with van der Waals surface area (Å²) in [7, 11) is 2.99. The van der Waals surface area contributed by atoms with Gasteiger partial charge in [-0.3, -0.25) is 4.79 Å². The highest BCUT2D eigenvalue weighted by atomic mass is 16.5. The zero-order valence-corrected chi connectivity index (χ0v) is 17.1. The molecule has 0 saturated heterocycles. The maximum absolute atomic E-state index is 13.5. The minimum Gasteiger partial charge on any atom is -0.497 e. The zero-order valence-electron chi connectivity index (χ0n) is 17.1. The van der Waals surface area contributed by atoms with Crippen molar-refractivity contribution in [3.63, 3.8) is 0 Å². The number of aromatic nitrogens is 1. The van der Waals surface area contributed by atoms with Gasteiger partial charge in [0.15, 0.2) is 6.10 Å². The van der Waals surface area contributed by atoms with E-state index in [1.807, 2.05) is 30.3 Å². The van der Waals surface area contributed by atoms with Crippen LogP contribution in [-0.2, 0) is 4.74 Å². The van der Waals surface area contributed by atoms with Gasteiger partial charge in [-0.2, -0.15) is 0 Å². The van der Waals surface area contributed by atoms with Gasteiger partial charge in [0.2, 0.25) is 5.78 Å². The molecule has 1 aromatic heterocycles. The van der Waals surface area contributed by atoms with E-state index in [0.29, 0.717) is 22.6 Å². The third kappa shape index (κ3) is 4.14. The third-order valence-corrected chi connectivity index (χ3v) is 5.01. The van der Waals surface area contributed by atoms with Crippen LogP contribution in [-0.4, -0.2) is 31.0 Å². The minimum atomic E-state index is -1.11. The summed E-state index contributed by atoms with van der Waals surface area (Å²) in [6.45, 7) is 0. The molecule has 1 atom stereocenters. The molecule has 0 radical (unpaired) electrons. The van der Waals surface area contributed by atoms with Gasteiger partial charge in [0.05, 0.1) is 19.8 Å². The summed E-state index contributed by atoms with van der Waals surface area (Å²) in [5.41, 5.74) is 2.10. The molecule has 0 spiro atoms. The fourth-order valence-electron chi connectivity index (χ4n) is 3.42. The second-order valence-electron chi connectivity index (χ2n) is 6.91. The summed E-state index contributed by atoms with van der Waals surface area (Å²) < 4.78 is 16.2. The molecule has 0 aliphatic rings. The van der Waals surface area contributed by atoms with Crippen LogP contribution >= 0.6 is 0 Å². The molecule has 0 fully saturated rings. The molecule has 6 nitrogen and oxygen atoms in total. The molecule has 31 heavy (non-hydrogen) atoms. The number of nitrogens with one attached hydrogen (secondary N) is 1. The van der Waals surface area contributed by atoms with Crippen LogP contribution in [0.3, 0.4) is 0 Å². The molecule has 1 N–H and O–H groups in total. The summed E-state index contributed by atoms with van der Waals surface area (Å²) in [5, 5.41) is 0.771. The second kappa shape index (κ2) is 8.75. The Labute approximate surface area is 179 Å². The van der Waals surface area contributed by atoms with E-state index >= 15 is 0 Å². The molecule has 4 aromatic rings. The molecule has 1 unspecified atom stereocenters. The van der Waals surface area contributed by atoms with Crippen molar-refractivity contribution in [1.29, 1.82) is 0 Å². The highest BCUT2D eigenvalue weighted by Gasteiger charge is 2.29. The van der Waals surface area contributed by atoms with Crippen molar-refractivity contribution < 1.29 is 23.8 Å². The summed E-state index contributed by atoms with van der Waals surface area (Å²) in [5.74, 6) is -0.0675. The van der Waals surface area contributed by atoms with Crippen LogP contribution in [0.1, 0.15) is 32.4 Å². The first kappa shape index (κ1) is 20.2. The Morgan fingerprint density at radius 1 is 0.839 bits per heavy atom. The third-order valence-electron chi connectivity index (χ3n) is 5.01. The first-order valence-corrected chi connectivity index (χ1v) is 9.70. The van der Waals surface area contributed by atoms with Gasteiger partial charge < -0.3 is 19.2 Å². The van der Waals surface area contributed by atoms with Crippen LogP contribution in [0.15, 0.2) is 79.0 Å². The van der Waals surface area contributed by atoms with Gasteiger partial charge in [-0.25, -0.2) is 4.79 Å². The molecule has 0 amide bonds. The van der Waals surface area contributed by atoms with Crippen molar-refractivity contribution in [3.05, 3.63) is 95.7 Å².